The Morgan fingerprint density at radius 2 is 2.33 bits per heavy atom. The van der Waals surface area contributed by atoms with Crippen LogP contribution in [-0.2, 0) is 11.3 Å². The molecule has 0 aromatic carbocycles. The van der Waals surface area contributed by atoms with Gasteiger partial charge >= 0.3 is 0 Å². The molecule has 2 atom stereocenters. The Bertz CT molecular complexity index is 429. The third kappa shape index (κ3) is 4.77. The minimum absolute atomic E-state index is 0.270. The Morgan fingerprint density at radius 3 is 2.95 bits per heavy atom. The van der Waals surface area contributed by atoms with E-state index in [0.717, 1.165) is 30.6 Å². The topological polar surface area (TPSA) is 42.3 Å². The molecule has 0 radical (unpaired) electrons. The van der Waals surface area contributed by atoms with Gasteiger partial charge in [-0.2, -0.15) is 5.10 Å². The molecule has 1 aliphatic rings. The van der Waals surface area contributed by atoms with E-state index in [4.69, 9.17) is 4.74 Å². The van der Waals surface area contributed by atoms with Crippen LogP contribution in [0.4, 0.5) is 0 Å². The van der Waals surface area contributed by atoms with Crippen molar-refractivity contribution in [3.63, 3.8) is 0 Å². The summed E-state index contributed by atoms with van der Waals surface area (Å²) in [6, 6.07) is 0.270. The van der Waals surface area contributed by atoms with Crippen LogP contribution in [0.5, 0.6) is 0 Å². The maximum absolute atomic E-state index is 5.89. The predicted octanol–water partition coefficient (Wildman–Crippen LogP) is 2.43. The fraction of sp³-hybridized carbons (Fsp3) is 0.800. The highest BCUT2D eigenvalue weighted by Gasteiger charge is 2.24. The molecular formula is C15H27BrN4O. The molecule has 0 aliphatic carbocycles. The van der Waals surface area contributed by atoms with Crippen molar-refractivity contribution in [3.05, 3.63) is 16.4 Å². The van der Waals surface area contributed by atoms with Crippen molar-refractivity contribution in [3.8, 4) is 0 Å². The lowest BCUT2D eigenvalue weighted by Crippen LogP contribution is -2.29. The van der Waals surface area contributed by atoms with Gasteiger partial charge in [0.05, 0.1) is 35.1 Å². The molecule has 2 rings (SSSR count). The lowest BCUT2D eigenvalue weighted by Gasteiger charge is -2.27. The lowest BCUT2D eigenvalue weighted by molar-refractivity contribution is 0.00491. The number of halogens is 1. The monoisotopic (exact) mass is 358 g/mol. The summed E-state index contributed by atoms with van der Waals surface area (Å²) < 4.78 is 9.08. The second kappa shape index (κ2) is 8.27. The largest absolute Gasteiger partial charge is 0.378 e. The van der Waals surface area contributed by atoms with Crippen molar-refractivity contribution in [1.29, 1.82) is 0 Å². The quantitative estimate of drug-likeness (QED) is 0.812. The Kier molecular flexibility index (Phi) is 6.67. The van der Waals surface area contributed by atoms with Crippen molar-refractivity contribution in [2.24, 2.45) is 0 Å². The Balaban J connectivity index is 2.07. The summed E-state index contributed by atoms with van der Waals surface area (Å²) in [7, 11) is 6.19. The number of ether oxygens (including phenoxy) is 1. The van der Waals surface area contributed by atoms with Crippen LogP contribution in [0.15, 0.2) is 10.7 Å². The Labute approximate surface area is 136 Å². The lowest BCUT2D eigenvalue weighted by atomic mass is 10.00. The van der Waals surface area contributed by atoms with Crippen LogP contribution in [0.25, 0.3) is 0 Å². The number of hydrogen-bond donors (Lipinski definition) is 1. The van der Waals surface area contributed by atoms with Gasteiger partial charge in [-0.1, -0.05) is 0 Å². The van der Waals surface area contributed by atoms with Crippen LogP contribution in [0, 0.1) is 0 Å². The number of nitrogens with zero attached hydrogens (tertiary/aromatic N) is 3. The third-order valence-electron chi connectivity index (χ3n) is 4.04. The zero-order valence-corrected chi connectivity index (χ0v) is 14.9. The van der Waals surface area contributed by atoms with E-state index >= 15 is 0 Å². The van der Waals surface area contributed by atoms with E-state index in [-0.39, 0.29) is 6.04 Å². The van der Waals surface area contributed by atoms with Gasteiger partial charge in [-0.15, -0.1) is 0 Å². The van der Waals surface area contributed by atoms with E-state index in [0.29, 0.717) is 6.10 Å². The summed E-state index contributed by atoms with van der Waals surface area (Å²) in [6.07, 6.45) is 6.91. The maximum Gasteiger partial charge on any atom is 0.0697 e. The average Bonchev–Trinajstić information content (AvgIpc) is 2.85. The number of aromatic nitrogens is 2. The van der Waals surface area contributed by atoms with Crippen molar-refractivity contribution in [2.75, 3.05) is 34.3 Å². The molecule has 1 aromatic rings. The minimum Gasteiger partial charge on any atom is -0.378 e. The summed E-state index contributed by atoms with van der Waals surface area (Å²) in [6.45, 7) is 2.79. The molecule has 2 heterocycles. The van der Waals surface area contributed by atoms with Crippen LogP contribution < -0.4 is 5.32 Å². The maximum atomic E-state index is 5.89. The van der Waals surface area contributed by atoms with Crippen molar-refractivity contribution < 1.29 is 4.74 Å². The van der Waals surface area contributed by atoms with Crippen LogP contribution >= 0.6 is 15.9 Å². The van der Waals surface area contributed by atoms with Crippen molar-refractivity contribution in [1.82, 2.24) is 20.0 Å². The molecule has 1 fully saturated rings. The van der Waals surface area contributed by atoms with E-state index in [9.17, 15) is 0 Å². The molecular weight excluding hydrogens is 332 g/mol. The summed E-state index contributed by atoms with van der Waals surface area (Å²) in [5, 5.41) is 7.95. The van der Waals surface area contributed by atoms with Gasteiger partial charge in [0.2, 0.25) is 0 Å². The highest BCUT2D eigenvalue weighted by molar-refractivity contribution is 9.10. The molecule has 1 aliphatic heterocycles. The molecule has 5 nitrogen and oxygen atoms in total. The van der Waals surface area contributed by atoms with Gasteiger partial charge in [0, 0.05) is 13.2 Å². The van der Waals surface area contributed by atoms with Gasteiger partial charge in [-0.3, -0.25) is 4.68 Å². The zero-order valence-electron chi connectivity index (χ0n) is 13.3. The highest BCUT2D eigenvalue weighted by atomic mass is 79.9. The molecule has 0 amide bonds. The summed E-state index contributed by atoms with van der Waals surface area (Å²) in [5.41, 5.74) is 1.23. The first kappa shape index (κ1) is 16.9. The number of likely N-dealkylation sites (N-methyl/N-ethyl adjacent to an activating group) is 1. The Hall–Kier alpha value is -0.430. The normalized spacial score (nSPS) is 20.9. The predicted molar refractivity (Wildman–Crippen MR) is 88.5 cm³/mol. The molecule has 2 unspecified atom stereocenters. The summed E-state index contributed by atoms with van der Waals surface area (Å²) >= 11 is 3.65. The van der Waals surface area contributed by atoms with Crippen LogP contribution in [0.1, 0.15) is 37.4 Å². The first-order valence-corrected chi connectivity index (χ1v) is 8.56. The third-order valence-corrected chi connectivity index (χ3v) is 4.65. The number of hydrogen-bond acceptors (Lipinski definition) is 4. The van der Waals surface area contributed by atoms with Crippen molar-refractivity contribution in [2.45, 2.75) is 44.4 Å². The molecule has 1 saturated heterocycles. The van der Waals surface area contributed by atoms with Gasteiger partial charge in [0.1, 0.15) is 0 Å². The summed E-state index contributed by atoms with van der Waals surface area (Å²) in [5.74, 6) is 0. The highest BCUT2D eigenvalue weighted by Crippen LogP contribution is 2.29. The molecule has 0 bridgehead atoms. The second-order valence-electron chi connectivity index (χ2n) is 5.97. The zero-order chi connectivity index (χ0) is 15.2. The van der Waals surface area contributed by atoms with Gasteiger partial charge in [-0.05, 0) is 62.8 Å². The van der Waals surface area contributed by atoms with E-state index in [1.807, 2.05) is 13.2 Å². The average molecular weight is 359 g/mol. The molecule has 1 aromatic heterocycles. The number of nitrogens with one attached hydrogen (secondary N) is 1. The van der Waals surface area contributed by atoms with E-state index in [1.54, 1.807) is 0 Å². The van der Waals surface area contributed by atoms with Gasteiger partial charge < -0.3 is 15.0 Å². The first-order chi connectivity index (χ1) is 10.1. The van der Waals surface area contributed by atoms with Gasteiger partial charge in [0.25, 0.3) is 0 Å². The molecule has 6 heteroatoms. The minimum atomic E-state index is 0.270. The van der Waals surface area contributed by atoms with Gasteiger partial charge in [-0.25, -0.2) is 0 Å². The molecule has 21 heavy (non-hydrogen) atoms. The standard InChI is InChI=1S/C15H27BrN4O/c1-17-14(10-12-6-4-5-9-21-12)15-13(16)11-18-20(15)8-7-19(2)3/h11-12,14,17H,4-10H2,1-3H3. The molecule has 0 spiro atoms. The molecule has 1 N–H and O–H groups in total. The second-order valence-corrected chi connectivity index (χ2v) is 6.82. The molecule has 0 saturated carbocycles. The molecule has 120 valence electrons. The SMILES string of the molecule is CNC(CC1CCCCO1)c1c(Br)cnn1CCN(C)C. The number of rotatable bonds is 7. The Morgan fingerprint density at radius 1 is 1.52 bits per heavy atom. The fourth-order valence-electron chi connectivity index (χ4n) is 2.81. The summed E-state index contributed by atoms with van der Waals surface area (Å²) in [4.78, 5) is 2.18. The van der Waals surface area contributed by atoms with Crippen LogP contribution in [0.2, 0.25) is 0 Å². The fourth-order valence-corrected chi connectivity index (χ4v) is 3.39. The van der Waals surface area contributed by atoms with Gasteiger partial charge in [0.15, 0.2) is 0 Å². The van der Waals surface area contributed by atoms with E-state index < -0.39 is 0 Å². The van der Waals surface area contributed by atoms with Crippen LogP contribution in [-0.4, -0.2) is 55.1 Å². The smallest absolute Gasteiger partial charge is 0.0697 e. The van der Waals surface area contributed by atoms with E-state index in [2.05, 4.69) is 50.0 Å². The van der Waals surface area contributed by atoms with Crippen LogP contribution in [0.3, 0.4) is 0 Å². The first-order valence-electron chi connectivity index (χ1n) is 7.76. The van der Waals surface area contributed by atoms with Crippen molar-refractivity contribution >= 4 is 15.9 Å². The van der Waals surface area contributed by atoms with E-state index in [1.165, 1.54) is 25.0 Å².